The number of nitrogens with zero attached hydrogens (tertiary/aromatic N) is 4. The maximum Gasteiger partial charge on any atom is 0.268 e. The van der Waals surface area contributed by atoms with Crippen LogP contribution in [0.25, 0.3) is 11.4 Å². The molecule has 0 spiro atoms. The van der Waals surface area contributed by atoms with Gasteiger partial charge in [0, 0.05) is 24.3 Å². The number of carbonyl (C=O) groups excluding carboxylic acids is 1. The summed E-state index contributed by atoms with van der Waals surface area (Å²) < 4.78 is 33.7. The van der Waals surface area contributed by atoms with Gasteiger partial charge in [-0.3, -0.25) is 4.79 Å². The van der Waals surface area contributed by atoms with Gasteiger partial charge in [-0.1, -0.05) is 6.92 Å². The molecule has 10 nitrogen and oxygen atoms in total. The molecule has 0 radical (unpaired) electrons. The smallest absolute Gasteiger partial charge is 0.268 e. The van der Waals surface area contributed by atoms with Crippen LogP contribution < -0.4 is 20.1 Å². The first-order valence-electron chi connectivity index (χ1n) is 12.1. The summed E-state index contributed by atoms with van der Waals surface area (Å²) in [6.45, 7) is 11.3. The molecule has 0 aliphatic carbocycles. The number of aryl methyl sites for hydroxylation is 1. The Hall–Kier alpha value is -3.73. The van der Waals surface area contributed by atoms with Crippen LogP contribution in [-0.4, -0.2) is 48.0 Å². The van der Waals surface area contributed by atoms with E-state index in [4.69, 9.17) is 15.5 Å². The first kappa shape index (κ1) is 26.3. The van der Waals surface area contributed by atoms with Crippen LogP contribution in [-0.2, 0) is 10.0 Å². The van der Waals surface area contributed by atoms with Crippen molar-refractivity contribution in [3.63, 3.8) is 0 Å². The van der Waals surface area contributed by atoms with Gasteiger partial charge in [0.15, 0.2) is 0 Å². The van der Waals surface area contributed by atoms with Gasteiger partial charge in [-0.15, -0.1) is 0 Å². The predicted octanol–water partition coefficient (Wildman–Crippen LogP) is 3.57. The van der Waals surface area contributed by atoms with Gasteiger partial charge >= 0.3 is 0 Å². The van der Waals surface area contributed by atoms with Gasteiger partial charge in [0.1, 0.15) is 16.5 Å². The third-order valence-electron chi connectivity index (χ3n) is 6.27. The molecule has 3 aromatic heterocycles. The zero-order valence-corrected chi connectivity index (χ0v) is 22.5. The highest BCUT2D eigenvalue weighted by molar-refractivity contribution is 7.90. The van der Waals surface area contributed by atoms with E-state index in [9.17, 15) is 13.2 Å². The van der Waals surface area contributed by atoms with E-state index in [0.29, 0.717) is 42.2 Å². The van der Waals surface area contributed by atoms with E-state index in [1.165, 1.54) is 18.3 Å². The largest absolute Gasteiger partial charge is 0.478 e. The van der Waals surface area contributed by atoms with Crippen molar-refractivity contribution in [1.29, 1.82) is 0 Å². The van der Waals surface area contributed by atoms with E-state index in [0.717, 1.165) is 12.0 Å². The maximum absolute atomic E-state index is 13.4. The van der Waals surface area contributed by atoms with Crippen molar-refractivity contribution in [2.75, 3.05) is 23.8 Å². The molecule has 4 heterocycles. The Bertz CT molecular complexity index is 1440. The lowest BCUT2D eigenvalue weighted by Gasteiger charge is -2.34. The Morgan fingerprint density at radius 3 is 2.62 bits per heavy atom. The normalized spacial score (nSPS) is 17.0. The summed E-state index contributed by atoms with van der Waals surface area (Å²) in [5.41, 5.74) is 7.68. The van der Waals surface area contributed by atoms with Crippen molar-refractivity contribution < 1.29 is 17.9 Å². The molecule has 3 aromatic rings. The number of hydrogen-bond acceptors (Lipinski definition) is 9. The molecule has 11 heteroatoms. The summed E-state index contributed by atoms with van der Waals surface area (Å²) in [6, 6.07) is 9.71. The van der Waals surface area contributed by atoms with E-state index in [1.54, 1.807) is 12.1 Å². The van der Waals surface area contributed by atoms with E-state index in [2.05, 4.69) is 40.4 Å². The summed E-state index contributed by atoms with van der Waals surface area (Å²) in [7, 11) is -4.26. The summed E-state index contributed by atoms with van der Waals surface area (Å²) in [6.07, 6.45) is 2.27. The van der Waals surface area contributed by atoms with Crippen molar-refractivity contribution in [2.45, 2.75) is 51.5 Å². The second kappa shape index (κ2) is 9.97. The number of ether oxygens (including phenoxy) is 1. The fraction of sp³-hybridized carbons (Fsp3) is 0.385. The number of pyridine rings is 3. The van der Waals surface area contributed by atoms with E-state index >= 15 is 0 Å². The van der Waals surface area contributed by atoms with Crippen molar-refractivity contribution >= 4 is 27.6 Å². The van der Waals surface area contributed by atoms with Gasteiger partial charge in [-0.05, 0) is 75.9 Å². The number of nitrogen functional groups attached to an aromatic ring is 1. The molecule has 4 rings (SSSR count). The van der Waals surface area contributed by atoms with Crippen LogP contribution in [0.4, 0.5) is 11.6 Å². The maximum atomic E-state index is 13.4. The molecule has 1 aliphatic heterocycles. The number of aromatic nitrogens is 3. The lowest BCUT2D eigenvalue weighted by atomic mass is 9.97. The minimum atomic E-state index is -4.26. The van der Waals surface area contributed by atoms with Gasteiger partial charge in [0.25, 0.3) is 15.9 Å². The highest BCUT2D eigenvalue weighted by Gasteiger charge is 2.39. The van der Waals surface area contributed by atoms with Crippen molar-refractivity contribution in [3.05, 3.63) is 53.7 Å². The van der Waals surface area contributed by atoms with Crippen molar-refractivity contribution in [2.24, 2.45) is 5.92 Å². The van der Waals surface area contributed by atoms with Gasteiger partial charge in [0.05, 0.1) is 23.6 Å². The lowest BCUT2D eigenvalue weighted by molar-refractivity contribution is 0.0981. The monoisotopic (exact) mass is 524 g/mol. The first-order chi connectivity index (χ1) is 17.4. The topological polar surface area (TPSA) is 140 Å². The number of sulfonamides is 1. The molecule has 1 saturated heterocycles. The third-order valence-corrected chi connectivity index (χ3v) is 7.64. The zero-order chi connectivity index (χ0) is 27.0. The van der Waals surface area contributed by atoms with Crippen LogP contribution in [0, 0.1) is 12.8 Å². The van der Waals surface area contributed by atoms with Crippen LogP contribution in [0.2, 0.25) is 0 Å². The number of rotatable bonds is 7. The molecule has 1 fully saturated rings. The molecule has 1 atom stereocenters. The number of carbonyl (C=O) groups is 1. The number of nitrogens with two attached hydrogens (primary N) is 1. The number of nitrogens with one attached hydrogen (secondary N) is 1. The Kier molecular flexibility index (Phi) is 7.09. The SMILES string of the molecule is CCOc1cc(C)cc(-c2ccc(C(=O)NS(=O)(=O)c3cccnc3N)c(N3C[C@@H](C)CC3(C)C)n2)n1. The van der Waals surface area contributed by atoms with Crippen molar-refractivity contribution in [1.82, 2.24) is 19.7 Å². The molecule has 0 bridgehead atoms. The summed E-state index contributed by atoms with van der Waals surface area (Å²) in [5, 5.41) is 0. The summed E-state index contributed by atoms with van der Waals surface area (Å²) in [4.78, 5) is 28.4. The fourth-order valence-corrected chi connectivity index (χ4v) is 5.83. The average molecular weight is 525 g/mol. The molecule has 0 saturated carbocycles. The highest BCUT2D eigenvalue weighted by Crippen LogP contribution is 2.38. The van der Waals surface area contributed by atoms with Crippen LogP contribution in [0.1, 0.15) is 50.0 Å². The van der Waals surface area contributed by atoms with E-state index < -0.39 is 15.9 Å². The summed E-state index contributed by atoms with van der Waals surface area (Å²) >= 11 is 0. The summed E-state index contributed by atoms with van der Waals surface area (Å²) in [5.74, 6) is 0.233. The van der Waals surface area contributed by atoms with Gasteiger partial charge < -0.3 is 15.4 Å². The molecule has 0 aromatic carbocycles. The quantitative estimate of drug-likeness (QED) is 0.474. The molecular formula is C26H32N6O4S. The minimum Gasteiger partial charge on any atom is -0.478 e. The van der Waals surface area contributed by atoms with Gasteiger partial charge in [-0.25, -0.2) is 28.1 Å². The molecular weight excluding hydrogens is 492 g/mol. The standard InChI is InChI=1S/C26H32N6O4S/c1-6-36-22-13-16(2)12-20(29-22)19-10-9-18(24(30-19)32-15-17(3)14-26(32,4)5)25(33)31-37(34,35)21-8-7-11-28-23(21)27/h7-13,17H,6,14-15H2,1-5H3,(H2,27,28)(H,31,33)/t17-/m0/s1. The second-order valence-corrected chi connectivity index (χ2v) is 11.6. The molecule has 0 unspecified atom stereocenters. The third kappa shape index (κ3) is 5.51. The van der Waals surface area contributed by atoms with Crippen LogP contribution >= 0.6 is 0 Å². The first-order valence-corrected chi connectivity index (χ1v) is 13.6. The van der Waals surface area contributed by atoms with Crippen LogP contribution in [0.15, 0.2) is 47.5 Å². The van der Waals surface area contributed by atoms with Gasteiger partial charge in [-0.2, -0.15) is 0 Å². The number of anilines is 2. The Morgan fingerprint density at radius 2 is 1.97 bits per heavy atom. The lowest BCUT2D eigenvalue weighted by Crippen LogP contribution is -2.41. The van der Waals surface area contributed by atoms with Gasteiger partial charge in [0.2, 0.25) is 5.88 Å². The Balaban J connectivity index is 1.80. The van der Waals surface area contributed by atoms with E-state index in [1.807, 2.05) is 26.0 Å². The molecule has 37 heavy (non-hydrogen) atoms. The number of amides is 1. The second-order valence-electron chi connectivity index (χ2n) is 9.92. The minimum absolute atomic E-state index is 0.134. The van der Waals surface area contributed by atoms with E-state index in [-0.39, 0.29) is 21.8 Å². The molecule has 3 N–H and O–H groups in total. The molecule has 1 amide bonds. The Labute approximate surface area is 217 Å². The van der Waals surface area contributed by atoms with Crippen molar-refractivity contribution in [3.8, 4) is 17.3 Å². The number of hydrogen-bond donors (Lipinski definition) is 2. The Morgan fingerprint density at radius 1 is 1.22 bits per heavy atom. The molecule has 1 aliphatic rings. The zero-order valence-electron chi connectivity index (χ0n) is 21.6. The fourth-order valence-electron chi connectivity index (χ4n) is 4.78. The molecule has 196 valence electrons. The van der Waals surface area contributed by atoms with Crippen LogP contribution in [0.5, 0.6) is 5.88 Å². The highest BCUT2D eigenvalue weighted by atomic mass is 32.2. The average Bonchev–Trinajstić information content (AvgIpc) is 3.10. The predicted molar refractivity (Wildman–Crippen MR) is 142 cm³/mol. The van der Waals surface area contributed by atoms with Crippen LogP contribution in [0.3, 0.4) is 0 Å².